The first kappa shape index (κ1) is 23.8. The number of rotatable bonds is 9. The summed E-state index contributed by atoms with van der Waals surface area (Å²) in [7, 11) is 0. The van der Waals surface area contributed by atoms with Crippen LogP contribution in [-0.2, 0) is 9.53 Å². The third-order valence-corrected chi connectivity index (χ3v) is 5.73. The Morgan fingerprint density at radius 2 is 1.73 bits per heavy atom. The summed E-state index contributed by atoms with van der Waals surface area (Å²) in [4.78, 5) is 25.6. The second-order valence-electron chi connectivity index (χ2n) is 7.90. The van der Waals surface area contributed by atoms with E-state index >= 15 is 0 Å². The zero-order valence-electron chi connectivity index (χ0n) is 18.3. The number of carbonyl (C=O) groups is 2. The molecule has 5 nitrogen and oxygen atoms in total. The smallest absolute Gasteiger partial charge is 0.342 e. The first-order chi connectivity index (χ1) is 14.2. The molecule has 0 spiro atoms. The molecule has 2 N–H and O–H groups in total. The van der Waals surface area contributed by atoms with Gasteiger partial charge in [0.05, 0.1) is 0 Å². The van der Waals surface area contributed by atoms with Gasteiger partial charge in [0, 0.05) is 17.2 Å². The van der Waals surface area contributed by atoms with Crippen LogP contribution in [0, 0.1) is 6.92 Å². The molecule has 2 rings (SSSR count). The lowest BCUT2D eigenvalue weighted by molar-refractivity contribution is -0.124. The largest absolute Gasteiger partial charge is 0.507 e. The van der Waals surface area contributed by atoms with Gasteiger partial charge >= 0.3 is 5.97 Å². The van der Waals surface area contributed by atoms with Crippen molar-refractivity contribution in [3.63, 3.8) is 0 Å². The Hall–Kier alpha value is -2.47. The number of aryl methyl sites for hydroxylation is 1. The topological polar surface area (TPSA) is 75.6 Å². The summed E-state index contributed by atoms with van der Waals surface area (Å²) in [5.41, 5.74) is 2.96. The molecule has 0 atom stereocenters. The van der Waals surface area contributed by atoms with Gasteiger partial charge in [-0.25, -0.2) is 4.79 Å². The SMILES string of the molecule is Cc1ccc(SCCNC(=O)COC(=O)c2cc(C(C)C)cc(C(C)C)c2O)cc1. The van der Waals surface area contributed by atoms with Gasteiger partial charge in [0.25, 0.3) is 5.91 Å². The van der Waals surface area contributed by atoms with Crippen molar-refractivity contribution < 1.29 is 19.4 Å². The highest BCUT2D eigenvalue weighted by atomic mass is 32.2. The Morgan fingerprint density at radius 3 is 2.33 bits per heavy atom. The molecule has 2 aromatic rings. The van der Waals surface area contributed by atoms with Gasteiger partial charge in [-0.1, -0.05) is 51.5 Å². The van der Waals surface area contributed by atoms with Crippen molar-refractivity contribution in [3.8, 4) is 5.75 Å². The van der Waals surface area contributed by atoms with E-state index in [9.17, 15) is 14.7 Å². The molecule has 0 aromatic heterocycles. The van der Waals surface area contributed by atoms with Gasteiger partial charge in [-0.2, -0.15) is 0 Å². The van der Waals surface area contributed by atoms with E-state index in [1.54, 1.807) is 17.8 Å². The van der Waals surface area contributed by atoms with Gasteiger partial charge in [0.15, 0.2) is 6.61 Å². The minimum absolute atomic E-state index is 0.0598. The van der Waals surface area contributed by atoms with Crippen molar-refractivity contribution in [2.45, 2.75) is 51.3 Å². The summed E-state index contributed by atoms with van der Waals surface area (Å²) >= 11 is 1.65. The quantitative estimate of drug-likeness (QED) is 0.333. The summed E-state index contributed by atoms with van der Waals surface area (Å²) in [5.74, 6) is -0.155. The van der Waals surface area contributed by atoms with Crippen molar-refractivity contribution in [2.24, 2.45) is 0 Å². The average Bonchev–Trinajstić information content (AvgIpc) is 2.70. The van der Waals surface area contributed by atoms with Gasteiger partial charge in [-0.3, -0.25) is 4.79 Å². The number of carbonyl (C=O) groups excluding carboxylic acids is 2. The van der Waals surface area contributed by atoms with E-state index in [2.05, 4.69) is 17.4 Å². The molecule has 0 saturated heterocycles. The van der Waals surface area contributed by atoms with Crippen LogP contribution in [0.5, 0.6) is 5.75 Å². The minimum Gasteiger partial charge on any atom is -0.507 e. The number of phenols is 1. The number of phenolic OH excluding ortho intramolecular Hbond substituents is 1. The maximum Gasteiger partial charge on any atom is 0.342 e. The molecule has 6 heteroatoms. The van der Waals surface area contributed by atoms with E-state index < -0.39 is 5.97 Å². The first-order valence-electron chi connectivity index (χ1n) is 10.2. The fourth-order valence-electron chi connectivity index (χ4n) is 2.86. The van der Waals surface area contributed by atoms with Crippen molar-refractivity contribution in [2.75, 3.05) is 18.9 Å². The number of hydrogen-bond donors (Lipinski definition) is 2. The van der Waals surface area contributed by atoms with Crippen LogP contribution in [-0.4, -0.2) is 35.9 Å². The van der Waals surface area contributed by atoms with Crippen molar-refractivity contribution >= 4 is 23.6 Å². The molecule has 0 unspecified atom stereocenters. The van der Waals surface area contributed by atoms with Crippen LogP contribution in [0.1, 0.15) is 66.6 Å². The molecule has 0 aliphatic carbocycles. The minimum atomic E-state index is -0.693. The van der Waals surface area contributed by atoms with Gasteiger partial charge in [-0.15, -0.1) is 11.8 Å². The monoisotopic (exact) mass is 429 g/mol. The Morgan fingerprint density at radius 1 is 1.07 bits per heavy atom. The Kier molecular flexibility index (Phi) is 8.78. The molecule has 0 fully saturated rings. The third-order valence-electron chi connectivity index (χ3n) is 4.72. The standard InChI is InChI=1S/C24H31NO4S/c1-15(2)18-12-20(16(3)4)23(27)21(13-18)24(28)29-14-22(26)25-10-11-30-19-8-6-17(5)7-9-19/h6-9,12-13,15-16,27H,10-11,14H2,1-5H3,(H,25,26). The lowest BCUT2D eigenvalue weighted by Gasteiger charge is -2.16. The highest BCUT2D eigenvalue weighted by Crippen LogP contribution is 2.33. The molecule has 0 aliphatic heterocycles. The number of ether oxygens (including phenoxy) is 1. The van der Waals surface area contributed by atoms with E-state index in [1.807, 2.05) is 52.8 Å². The predicted molar refractivity (Wildman–Crippen MR) is 121 cm³/mol. The number of thioether (sulfide) groups is 1. The van der Waals surface area contributed by atoms with Gasteiger partial charge in [0.1, 0.15) is 11.3 Å². The fourth-order valence-corrected chi connectivity index (χ4v) is 3.63. The van der Waals surface area contributed by atoms with Gasteiger partial charge < -0.3 is 15.2 Å². The molecule has 0 bridgehead atoms. The number of esters is 1. The third kappa shape index (κ3) is 6.80. The molecular formula is C24H31NO4S. The second-order valence-corrected chi connectivity index (χ2v) is 9.07. The molecule has 30 heavy (non-hydrogen) atoms. The molecule has 0 radical (unpaired) electrons. The molecular weight excluding hydrogens is 398 g/mol. The lowest BCUT2D eigenvalue weighted by atomic mass is 9.92. The average molecular weight is 430 g/mol. The number of hydrogen-bond acceptors (Lipinski definition) is 5. The molecule has 0 saturated carbocycles. The summed E-state index contributed by atoms with van der Waals surface area (Å²) in [6.07, 6.45) is 0. The fraction of sp³-hybridized carbons (Fsp3) is 0.417. The molecule has 162 valence electrons. The highest BCUT2D eigenvalue weighted by Gasteiger charge is 2.21. The maximum absolute atomic E-state index is 12.5. The normalized spacial score (nSPS) is 11.0. The van der Waals surface area contributed by atoms with Crippen LogP contribution in [0.3, 0.4) is 0 Å². The molecule has 2 aromatic carbocycles. The lowest BCUT2D eigenvalue weighted by Crippen LogP contribution is -2.30. The van der Waals surface area contributed by atoms with Crippen LogP contribution in [0.25, 0.3) is 0 Å². The van der Waals surface area contributed by atoms with Crippen LogP contribution in [0.2, 0.25) is 0 Å². The highest BCUT2D eigenvalue weighted by molar-refractivity contribution is 7.99. The Bertz CT molecular complexity index is 876. The number of aromatic hydroxyl groups is 1. The van der Waals surface area contributed by atoms with Crippen LogP contribution >= 0.6 is 11.8 Å². The molecule has 0 heterocycles. The maximum atomic E-state index is 12.5. The van der Waals surface area contributed by atoms with Crippen LogP contribution in [0.15, 0.2) is 41.3 Å². The summed E-state index contributed by atoms with van der Waals surface area (Å²) in [6.45, 7) is 10.1. The summed E-state index contributed by atoms with van der Waals surface area (Å²) in [6, 6.07) is 11.8. The van der Waals surface area contributed by atoms with E-state index in [0.29, 0.717) is 12.1 Å². The van der Waals surface area contributed by atoms with Gasteiger partial charge in [-0.05, 0) is 48.1 Å². The molecule has 0 aliphatic rings. The molecule has 1 amide bonds. The van der Waals surface area contributed by atoms with Crippen molar-refractivity contribution in [1.82, 2.24) is 5.32 Å². The number of benzene rings is 2. The number of amides is 1. The van der Waals surface area contributed by atoms with Gasteiger partial charge in [0.2, 0.25) is 0 Å². The Balaban J connectivity index is 1.87. The van der Waals surface area contributed by atoms with E-state index in [1.165, 1.54) is 5.56 Å². The first-order valence-corrected chi connectivity index (χ1v) is 11.2. The van der Waals surface area contributed by atoms with Crippen molar-refractivity contribution in [3.05, 3.63) is 58.7 Å². The van der Waals surface area contributed by atoms with E-state index in [0.717, 1.165) is 16.2 Å². The van der Waals surface area contributed by atoms with Crippen LogP contribution < -0.4 is 5.32 Å². The van der Waals surface area contributed by atoms with Crippen LogP contribution in [0.4, 0.5) is 0 Å². The van der Waals surface area contributed by atoms with E-state index in [-0.39, 0.29) is 35.7 Å². The second kappa shape index (κ2) is 11.1. The van der Waals surface area contributed by atoms with Crippen molar-refractivity contribution in [1.29, 1.82) is 0 Å². The zero-order valence-corrected chi connectivity index (χ0v) is 19.1. The van der Waals surface area contributed by atoms with E-state index in [4.69, 9.17) is 4.74 Å². The number of nitrogens with one attached hydrogen (secondary N) is 1. The Labute approximate surface area is 183 Å². The summed E-state index contributed by atoms with van der Waals surface area (Å²) < 4.78 is 5.15. The predicted octanol–water partition coefficient (Wildman–Crippen LogP) is 5.01. The zero-order chi connectivity index (χ0) is 22.3. The summed E-state index contributed by atoms with van der Waals surface area (Å²) in [5, 5.41) is 13.2.